The van der Waals surface area contributed by atoms with Crippen molar-refractivity contribution in [3.05, 3.63) is 39.4 Å². The van der Waals surface area contributed by atoms with E-state index in [1.165, 1.54) is 6.39 Å². The van der Waals surface area contributed by atoms with Gasteiger partial charge in [0.2, 0.25) is 0 Å². The molecule has 0 bridgehead atoms. The SMILES string of the molecule is Clc1cc(-c2cnco2)ccc1I. The number of aromatic nitrogens is 1. The molecule has 0 amide bonds. The molecule has 0 saturated carbocycles. The van der Waals surface area contributed by atoms with Crippen molar-refractivity contribution in [1.29, 1.82) is 0 Å². The number of benzene rings is 1. The third-order valence-corrected chi connectivity index (χ3v) is 3.21. The quantitative estimate of drug-likeness (QED) is 0.752. The van der Waals surface area contributed by atoms with Crippen molar-refractivity contribution in [2.24, 2.45) is 0 Å². The number of rotatable bonds is 1. The molecule has 2 nitrogen and oxygen atoms in total. The van der Waals surface area contributed by atoms with Crippen LogP contribution in [0.15, 0.2) is 35.2 Å². The van der Waals surface area contributed by atoms with Gasteiger partial charge in [-0.05, 0) is 34.7 Å². The van der Waals surface area contributed by atoms with Gasteiger partial charge in [-0.2, -0.15) is 0 Å². The number of halogens is 2. The molecule has 2 aromatic rings. The van der Waals surface area contributed by atoms with Gasteiger partial charge in [-0.15, -0.1) is 0 Å². The third-order valence-electron chi connectivity index (χ3n) is 1.64. The monoisotopic (exact) mass is 305 g/mol. The Labute approximate surface area is 94.1 Å². The molecular formula is C9H5ClINO. The van der Waals surface area contributed by atoms with Crippen molar-refractivity contribution in [2.45, 2.75) is 0 Å². The van der Waals surface area contributed by atoms with Crippen molar-refractivity contribution >= 4 is 34.2 Å². The van der Waals surface area contributed by atoms with Crippen LogP contribution in [-0.2, 0) is 0 Å². The molecule has 66 valence electrons. The second-order valence-corrected chi connectivity index (χ2v) is 4.06. The van der Waals surface area contributed by atoms with Gasteiger partial charge in [0, 0.05) is 9.13 Å². The van der Waals surface area contributed by atoms with E-state index in [1.807, 2.05) is 18.2 Å². The molecule has 1 aromatic carbocycles. The summed E-state index contributed by atoms with van der Waals surface area (Å²) in [5, 5.41) is 0.731. The highest BCUT2D eigenvalue weighted by molar-refractivity contribution is 14.1. The highest BCUT2D eigenvalue weighted by atomic mass is 127. The average molecular weight is 306 g/mol. The Morgan fingerprint density at radius 2 is 2.23 bits per heavy atom. The Balaban J connectivity index is 2.49. The minimum absolute atomic E-state index is 0.731. The number of oxazole rings is 1. The minimum Gasteiger partial charge on any atom is -0.444 e. The summed E-state index contributed by atoms with van der Waals surface area (Å²) in [7, 11) is 0. The van der Waals surface area contributed by atoms with E-state index in [0.29, 0.717) is 0 Å². The van der Waals surface area contributed by atoms with E-state index >= 15 is 0 Å². The molecule has 0 fully saturated rings. The standard InChI is InChI=1S/C9H5ClINO/c10-7-3-6(1-2-8(7)11)9-4-12-5-13-9/h1-5H. The van der Waals surface area contributed by atoms with Crippen LogP contribution in [0, 0.1) is 3.57 Å². The summed E-state index contributed by atoms with van der Waals surface area (Å²) in [6.07, 6.45) is 3.07. The number of nitrogens with zero attached hydrogens (tertiary/aromatic N) is 1. The summed E-state index contributed by atoms with van der Waals surface area (Å²) in [6, 6.07) is 5.76. The maximum absolute atomic E-state index is 5.96. The second-order valence-electron chi connectivity index (χ2n) is 2.49. The van der Waals surface area contributed by atoms with E-state index in [1.54, 1.807) is 6.20 Å². The van der Waals surface area contributed by atoms with Crippen LogP contribution in [0.5, 0.6) is 0 Å². The first kappa shape index (κ1) is 9.02. The highest BCUT2D eigenvalue weighted by Crippen LogP contribution is 2.25. The normalized spacial score (nSPS) is 10.3. The Kier molecular flexibility index (Phi) is 2.55. The summed E-state index contributed by atoms with van der Waals surface area (Å²) >= 11 is 8.14. The lowest BCUT2D eigenvalue weighted by Gasteiger charge is -1.98. The maximum Gasteiger partial charge on any atom is 0.181 e. The first-order valence-electron chi connectivity index (χ1n) is 3.61. The van der Waals surface area contributed by atoms with Crippen LogP contribution in [0.4, 0.5) is 0 Å². The fraction of sp³-hybridized carbons (Fsp3) is 0. The molecule has 13 heavy (non-hydrogen) atoms. The van der Waals surface area contributed by atoms with Gasteiger partial charge in [0.15, 0.2) is 12.2 Å². The minimum atomic E-state index is 0.731. The molecule has 4 heteroatoms. The molecule has 0 spiro atoms. The van der Waals surface area contributed by atoms with Crippen molar-refractivity contribution in [2.75, 3.05) is 0 Å². The van der Waals surface area contributed by atoms with Crippen LogP contribution in [0.1, 0.15) is 0 Å². The Morgan fingerprint density at radius 1 is 1.38 bits per heavy atom. The van der Waals surface area contributed by atoms with E-state index < -0.39 is 0 Å². The summed E-state index contributed by atoms with van der Waals surface area (Å²) in [4.78, 5) is 3.84. The highest BCUT2D eigenvalue weighted by Gasteiger charge is 2.03. The van der Waals surface area contributed by atoms with Gasteiger partial charge >= 0.3 is 0 Å². The van der Waals surface area contributed by atoms with E-state index in [2.05, 4.69) is 27.6 Å². The Morgan fingerprint density at radius 3 is 2.85 bits per heavy atom. The van der Waals surface area contributed by atoms with E-state index in [4.69, 9.17) is 16.0 Å². The first-order chi connectivity index (χ1) is 6.27. The van der Waals surface area contributed by atoms with Crippen LogP contribution in [0.2, 0.25) is 5.02 Å². The molecule has 0 N–H and O–H groups in total. The average Bonchev–Trinajstić information content (AvgIpc) is 2.62. The third kappa shape index (κ3) is 1.86. The van der Waals surface area contributed by atoms with Crippen molar-refractivity contribution in [3.63, 3.8) is 0 Å². The summed E-state index contributed by atoms with van der Waals surface area (Å²) < 4.78 is 6.17. The van der Waals surface area contributed by atoms with Crippen molar-refractivity contribution in [3.8, 4) is 11.3 Å². The van der Waals surface area contributed by atoms with Crippen molar-refractivity contribution in [1.82, 2.24) is 4.98 Å². The molecule has 0 aliphatic heterocycles. The second kappa shape index (κ2) is 3.67. The Hall–Kier alpha value is -0.550. The molecular weight excluding hydrogens is 300 g/mol. The fourth-order valence-corrected chi connectivity index (χ4v) is 1.52. The molecule has 0 aliphatic carbocycles. The van der Waals surface area contributed by atoms with Gasteiger partial charge in [-0.1, -0.05) is 17.7 Å². The molecule has 1 heterocycles. The molecule has 0 radical (unpaired) electrons. The fourth-order valence-electron chi connectivity index (χ4n) is 1.01. The van der Waals surface area contributed by atoms with Gasteiger partial charge in [-0.3, -0.25) is 0 Å². The topological polar surface area (TPSA) is 26.0 Å². The smallest absolute Gasteiger partial charge is 0.181 e. The molecule has 2 rings (SSSR count). The van der Waals surface area contributed by atoms with Crippen molar-refractivity contribution < 1.29 is 4.42 Å². The van der Waals surface area contributed by atoms with Crippen LogP contribution >= 0.6 is 34.2 Å². The summed E-state index contributed by atoms with van der Waals surface area (Å²) in [6.45, 7) is 0. The van der Waals surface area contributed by atoms with Gasteiger partial charge < -0.3 is 4.42 Å². The lowest BCUT2D eigenvalue weighted by molar-refractivity contribution is 0.572. The molecule has 0 atom stereocenters. The lowest BCUT2D eigenvalue weighted by atomic mass is 10.2. The predicted octanol–water partition coefficient (Wildman–Crippen LogP) is 3.60. The largest absolute Gasteiger partial charge is 0.444 e. The summed E-state index contributed by atoms with van der Waals surface area (Å²) in [5.41, 5.74) is 0.947. The van der Waals surface area contributed by atoms with E-state index in [9.17, 15) is 0 Å². The van der Waals surface area contributed by atoms with Gasteiger partial charge in [-0.25, -0.2) is 4.98 Å². The number of hydrogen-bond acceptors (Lipinski definition) is 2. The summed E-state index contributed by atoms with van der Waals surface area (Å²) in [5.74, 6) is 0.735. The van der Waals surface area contributed by atoms with Crippen LogP contribution in [0.3, 0.4) is 0 Å². The zero-order valence-electron chi connectivity index (χ0n) is 6.50. The van der Waals surface area contributed by atoms with E-state index in [-0.39, 0.29) is 0 Å². The van der Waals surface area contributed by atoms with Gasteiger partial charge in [0.25, 0.3) is 0 Å². The molecule has 1 aromatic heterocycles. The van der Waals surface area contributed by atoms with Gasteiger partial charge in [0.05, 0.1) is 11.2 Å². The molecule has 0 saturated heterocycles. The molecule has 0 aliphatic rings. The maximum atomic E-state index is 5.96. The zero-order valence-corrected chi connectivity index (χ0v) is 9.41. The van der Waals surface area contributed by atoms with E-state index in [0.717, 1.165) is 19.9 Å². The van der Waals surface area contributed by atoms with Crippen LogP contribution in [0.25, 0.3) is 11.3 Å². The Bertz CT molecular complexity index is 414. The van der Waals surface area contributed by atoms with Crippen LogP contribution < -0.4 is 0 Å². The zero-order chi connectivity index (χ0) is 9.26. The molecule has 0 unspecified atom stereocenters. The number of hydrogen-bond donors (Lipinski definition) is 0. The predicted molar refractivity (Wildman–Crippen MR) is 59.7 cm³/mol. The van der Waals surface area contributed by atoms with Gasteiger partial charge in [0.1, 0.15) is 0 Å². The first-order valence-corrected chi connectivity index (χ1v) is 5.07. The lowest BCUT2D eigenvalue weighted by Crippen LogP contribution is -1.77. The van der Waals surface area contributed by atoms with Crippen LogP contribution in [-0.4, -0.2) is 4.98 Å².